The van der Waals surface area contributed by atoms with E-state index in [-0.39, 0.29) is 12.1 Å². The number of alkyl halides is 3. The summed E-state index contributed by atoms with van der Waals surface area (Å²) in [5.74, 6) is -1.30. The molecule has 0 amide bonds. The second kappa shape index (κ2) is 5.05. The monoisotopic (exact) mass is 286 g/mol. The Labute approximate surface area is 111 Å². The molecule has 0 spiro atoms. The van der Waals surface area contributed by atoms with E-state index in [0.717, 1.165) is 12.1 Å². The van der Waals surface area contributed by atoms with E-state index in [1.807, 2.05) is 0 Å². The molecule has 0 saturated carbocycles. The molecule has 0 N–H and O–H groups in total. The maximum atomic E-state index is 13.4. The smallest absolute Gasteiger partial charge is 0.347 e. The number of nitrogens with zero attached hydrogens (tertiary/aromatic N) is 4. The number of benzene rings is 1. The van der Waals surface area contributed by atoms with Crippen LogP contribution in [0.1, 0.15) is 12.5 Å². The van der Waals surface area contributed by atoms with E-state index in [4.69, 9.17) is 5.53 Å². The van der Waals surface area contributed by atoms with Crippen LogP contribution >= 0.6 is 0 Å². The minimum absolute atomic E-state index is 0.219. The number of fused-ring (bicyclic) bond motifs is 1. The second-order valence-electron chi connectivity index (χ2n) is 4.41. The van der Waals surface area contributed by atoms with Crippen molar-refractivity contribution < 1.29 is 17.6 Å². The average molecular weight is 286 g/mol. The maximum Gasteiger partial charge on any atom is 0.419 e. The molecule has 1 aromatic carbocycles. The van der Waals surface area contributed by atoms with Crippen LogP contribution in [0.2, 0.25) is 0 Å². The molecule has 4 nitrogen and oxygen atoms in total. The van der Waals surface area contributed by atoms with Gasteiger partial charge in [0.1, 0.15) is 5.82 Å². The fraction of sp³-hybridized carbons (Fsp3) is 0.333. The standard InChI is InChI=1S/C12H10F4N4/c1-7(18-19-17)6-20-3-2-8-4-10(13)9(5-11(8)20)12(14,15)16/h2-5,7H,6H2,1H3/t7-/m0/s1. The summed E-state index contributed by atoms with van der Waals surface area (Å²) >= 11 is 0. The zero-order chi connectivity index (χ0) is 14.9. The maximum absolute atomic E-state index is 13.4. The van der Waals surface area contributed by atoms with E-state index in [1.54, 1.807) is 6.92 Å². The van der Waals surface area contributed by atoms with Crippen LogP contribution in [0.3, 0.4) is 0 Å². The van der Waals surface area contributed by atoms with Crippen LogP contribution in [0.15, 0.2) is 29.5 Å². The first-order valence-corrected chi connectivity index (χ1v) is 5.72. The van der Waals surface area contributed by atoms with Crippen molar-refractivity contribution >= 4 is 10.9 Å². The van der Waals surface area contributed by atoms with Gasteiger partial charge in [-0.2, -0.15) is 13.2 Å². The Morgan fingerprint density at radius 3 is 2.70 bits per heavy atom. The summed E-state index contributed by atoms with van der Waals surface area (Å²) < 4.78 is 53.0. The molecule has 8 heteroatoms. The van der Waals surface area contributed by atoms with Crippen molar-refractivity contribution in [3.63, 3.8) is 0 Å². The molecule has 2 rings (SSSR count). The highest BCUT2D eigenvalue weighted by atomic mass is 19.4. The van der Waals surface area contributed by atoms with Crippen molar-refractivity contribution in [2.24, 2.45) is 5.11 Å². The molecule has 1 heterocycles. The van der Waals surface area contributed by atoms with Crippen molar-refractivity contribution in [2.45, 2.75) is 25.7 Å². The number of halogens is 4. The Hall–Kier alpha value is -2.21. The second-order valence-corrected chi connectivity index (χ2v) is 4.41. The number of aromatic nitrogens is 1. The zero-order valence-corrected chi connectivity index (χ0v) is 10.4. The molecule has 0 saturated heterocycles. The first-order chi connectivity index (χ1) is 9.32. The van der Waals surface area contributed by atoms with Gasteiger partial charge in [-0.25, -0.2) is 4.39 Å². The number of rotatable bonds is 3. The molecule has 0 aliphatic carbocycles. The lowest BCUT2D eigenvalue weighted by Gasteiger charge is -2.11. The van der Waals surface area contributed by atoms with Gasteiger partial charge in [0, 0.05) is 28.6 Å². The van der Waals surface area contributed by atoms with Crippen molar-refractivity contribution in [1.29, 1.82) is 0 Å². The SMILES string of the molecule is C[C@@H](Cn1ccc2cc(F)c(C(F)(F)F)cc21)N=[N+]=[N-]. The Bertz CT molecular complexity index is 683. The lowest BCUT2D eigenvalue weighted by Crippen LogP contribution is -2.11. The normalized spacial score (nSPS) is 13.2. The highest BCUT2D eigenvalue weighted by Crippen LogP contribution is 2.34. The Balaban J connectivity index is 2.51. The van der Waals surface area contributed by atoms with Gasteiger partial charge in [0.25, 0.3) is 0 Å². The Morgan fingerprint density at radius 1 is 1.40 bits per heavy atom. The van der Waals surface area contributed by atoms with Crippen molar-refractivity contribution in [1.82, 2.24) is 4.57 Å². The molecule has 0 aliphatic rings. The summed E-state index contributed by atoms with van der Waals surface area (Å²) in [6.45, 7) is 1.86. The van der Waals surface area contributed by atoms with Crippen molar-refractivity contribution in [2.75, 3.05) is 0 Å². The topological polar surface area (TPSA) is 53.7 Å². The first-order valence-electron chi connectivity index (χ1n) is 5.72. The van der Waals surface area contributed by atoms with Crippen LogP contribution in [0.4, 0.5) is 17.6 Å². The summed E-state index contributed by atoms with van der Waals surface area (Å²) in [4.78, 5) is 2.64. The fourth-order valence-corrected chi connectivity index (χ4v) is 2.00. The largest absolute Gasteiger partial charge is 0.419 e. The zero-order valence-electron chi connectivity index (χ0n) is 10.4. The molecule has 1 aromatic heterocycles. The highest BCUT2D eigenvalue weighted by molar-refractivity contribution is 5.81. The van der Waals surface area contributed by atoms with Crippen molar-refractivity contribution in [3.05, 3.63) is 46.2 Å². The average Bonchev–Trinajstić information content (AvgIpc) is 2.69. The molecule has 0 fully saturated rings. The Kier molecular flexibility index (Phi) is 3.59. The van der Waals surface area contributed by atoms with Gasteiger partial charge >= 0.3 is 6.18 Å². The molecule has 0 aliphatic heterocycles. The molecule has 0 bridgehead atoms. The molecule has 0 unspecified atom stereocenters. The molecular weight excluding hydrogens is 276 g/mol. The highest BCUT2D eigenvalue weighted by Gasteiger charge is 2.34. The van der Waals surface area contributed by atoms with E-state index in [0.29, 0.717) is 5.39 Å². The van der Waals surface area contributed by atoms with Crippen molar-refractivity contribution in [3.8, 4) is 0 Å². The molecule has 1 atom stereocenters. The summed E-state index contributed by atoms with van der Waals surface area (Å²) in [5.41, 5.74) is 7.26. The minimum Gasteiger partial charge on any atom is -0.347 e. The lowest BCUT2D eigenvalue weighted by atomic mass is 10.1. The van der Waals surface area contributed by atoms with Crippen LogP contribution in [-0.2, 0) is 12.7 Å². The fourth-order valence-electron chi connectivity index (χ4n) is 2.00. The van der Waals surface area contributed by atoms with E-state index in [9.17, 15) is 17.6 Å². The summed E-state index contributed by atoms with van der Waals surface area (Å²) in [5, 5.41) is 3.82. The number of azide groups is 1. The van der Waals surface area contributed by atoms with Gasteiger partial charge in [-0.1, -0.05) is 12.0 Å². The Morgan fingerprint density at radius 2 is 2.10 bits per heavy atom. The summed E-state index contributed by atoms with van der Waals surface area (Å²) in [7, 11) is 0. The van der Waals surface area contributed by atoms with Gasteiger partial charge in [0.15, 0.2) is 0 Å². The van der Waals surface area contributed by atoms with Crippen LogP contribution in [0.5, 0.6) is 0 Å². The third kappa shape index (κ3) is 2.70. The van der Waals surface area contributed by atoms with Gasteiger partial charge in [-0.05, 0) is 23.7 Å². The van der Waals surface area contributed by atoms with E-state index >= 15 is 0 Å². The third-order valence-electron chi connectivity index (χ3n) is 2.87. The van der Waals surface area contributed by atoms with Crippen LogP contribution in [0.25, 0.3) is 21.3 Å². The molecule has 20 heavy (non-hydrogen) atoms. The van der Waals surface area contributed by atoms with Gasteiger partial charge < -0.3 is 4.57 Å². The lowest BCUT2D eigenvalue weighted by molar-refractivity contribution is -0.139. The molecule has 106 valence electrons. The van der Waals surface area contributed by atoms with E-state index in [2.05, 4.69) is 10.0 Å². The van der Waals surface area contributed by atoms with Crippen LogP contribution in [0, 0.1) is 5.82 Å². The predicted octanol–water partition coefficient (Wildman–Crippen LogP) is 4.50. The van der Waals surface area contributed by atoms with Crippen LogP contribution < -0.4 is 0 Å². The van der Waals surface area contributed by atoms with Gasteiger partial charge in [-0.3, -0.25) is 0 Å². The minimum atomic E-state index is -4.75. The molecule has 2 aromatic rings. The summed E-state index contributed by atoms with van der Waals surface area (Å²) in [6.07, 6.45) is -3.21. The number of hydrogen-bond acceptors (Lipinski definition) is 1. The van der Waals surface area contributed by atoms with E-state index in [1.165, 1.54) is 16.8 Å². The van der Waals surface area contributed by atoms with E-state index < -0.39 is 23.6 Å². The predicted molar refractivity (Wildman–Crippen MR) is 65.5 cm³/mol. The van der Waals surface area contributed by atoms with Gasteiger partial charge in [0.05, 0.1) is 11.6 Å². The molecular formula is C12H10F4N4. The van der Waals surface area contributed by atoms with Gasteiger partial charge in [-0.15, -0.1) is 0 Å². The number of hydrogen-bond donors (Lipinski definition) is 0. The van der Waals surface area contributed by atoms with Gasteiger partial charge in [0.2, 0.25) is 0 Å². The third-order valence-corrected chi connectivity index (χ3v) is 2.87. The quantitative estimate of drug-likeness (QED) is 0.345. The molecule has 0 radical (unpaired) electrons. The summed E-state index contributed by atoms with van der Waals surface area (Å²) in [6, 6.07) is 2.72. The first kappa shape index (κ1) is 14.2. The van der Waals surface area contributed by atoms with Crippen LogP contribution in [-0.4, -0.2) is 10.6 Å².